The van der Waals surface area contributed by atoms with Gasteiger partial charge in [0.15, 0.2) is 0 Å². The van der Waals surface area contributed by atoms with Crippen LogP contribution in [0.1, 0.15) is 12.5 Å². The molecule has 0 aliphatic carbocycles. The van der Waals surface area contributed by atoms with E-state index < -0.39 is 5.97 Å². The van der Waals surface area contributed by atoms with Crippen LogP contribution in [0.2, 0.25) is 0 Å². The van der Waals surface area contributed by atoms with Gasteiger partial charge in [0, 0.05) is 24.6 Å². The Balaban J connectivity index is 3.41. The summed E-state index contributed by atoms with van der Waals surface area (Å²) in [6, 6.07) is 1.78. The summed E-state index contributed by atoms with van der Waals surface area (Å²) in [5.41, 5.74) is 7.29. The smallest absolute Gasteiger partial charge is 0.331 e. The molecule has 0 radical (unpaired) electrons. The topological polar surface area (TPSA) is 63.3 Å². The molecular formula is C10H8Br3NO2. The Kier molecular flexibility index (Phi) is 4.58. The zero-order chi connectivity index (χ0) is 12.5. The first-order chi connectivity index (χ1) is 7.34. The van der Waals surface area contributed by atoms with Gasteiger partial charge < -0.3 is 10.8 Å². The number of carbonyl (C=O) groups is 1. The third-order valence-electron chi connectivity index (χ3n) is 1.94. The molecule has 0 fully saturated rings. The predicted octanol–water partition coefficient (Wildman–Crippen LogP) is 4.04. The van der Waals surface area contributed by atoms with Crippen LogP contribution in [0.4, 0.5) is 5.69 Å². The van der Waals surface area contributed by atoms with Crippen molar-refractivity contribution in [3.05, 3.63) is 30.6 Å². The lowest BCUT2D eigenvalue weighted by molar-refractivity contribution is -0.132. The normalized spacial score (nSPS) is 11.6. The van der Waals surface area contributed by atoms with Crippen LogP contribution in [0, 0.1) is 0 Å². The van der Waals surface area contributed by atoms with Crippen LogP contribution in [-0.2, 0) is 4.79 Å². The van der Waals surface area contributed by atoms with Crippen molar-refractivity contribution < 1.29 is 9.90 Å². The van der Waals surface area contributed by atoms with Crippen molar-refractivity contribution in [3.8, 4) is 0 Å². The molecule has 6 heteroatoms. The average molecular weight is 414 g/mol. The number of carboxylic acid groups (broad SMARTS) is 1. The first kappa shape index (κ1) is 13.7. The van der Waals surface area contributed by atoms with Gasteiger partial charge in [-0.2, -0.15) is 0 Å². The van der Waals surface area contributed by atoms with Gasteiger partial charge >= 0.3 is 5.97 Å². The largest absolute Gasteiger partial charge is 0.478 e. The van der Waals surface area contributed by atoms with Crippen LogP contribution < -0.4 is 5.73 Å². The minimum atomic E-state index is -0.958. The molecule has 16 heavy (non-hydrogen) atoms. The van der Waals surface area contributed by atoms with E-state index in [-0.39, 0.29) is 5.57 Å². The molecule has 0 aliphatic heterocycles. The first-order valence-electron chi connectivity index (χ1n) is 4.19. The number of benzene rings is 1. The summed E-state index contributed by atoms with van der Waals surface area (Å²) in [6.07, 6.45) is 1.55. The van der Waals surface area contributed by atoms with Gasteiger partial charge in [0.05, 0.1) is 5.69 Å². The van der Waals surface area contributed by atoms with E-state index in [1.165, 1.54) is 6.92 Å². The number of halogens is 3. The van der Waals surface area contributed by atoms with E-state index in [9.17, 15) is 4.79 Å². The number of carboxylic acids is 1. The molecule has 0 aliphatic rings. The Bertz CT molecular complexity index is 483. The van der Waals surface area contributed by atoms with Crippen LogP contribution >= 0.6 is 47.8 Å². The third kappa shape index (κ3) is 2.87. The van der Waals surface area contributed by atoms with Crippen LogP contribution in [0.3, 0.4) is 0 Å². The highest BCUT2D eigenvalue weighted by molar-refractivity contribution is 9.11. The number of rotatable bonds is 2. The molecule has 3 N–H and O–H groups in total. The van der Waals surface area contributed by atoms with Gasteiger partial charge in [-0.1, -0.05) is 15.9 Å². The number of aliphatic carboxylic acids is 1. The highest BCUT2D eigenvalue weighted by Gasteiger charge is 2.11. The number of hydrogen-bond acceptors (Lipinski definition) is 2. The minimum absolute atomic E-state index is 0.239. The molecule has 0 bridgehead atoms. The lowest BCUT2D eigenvalue weighted by atomic mass is 10.1. The van der Waals surface area contributed by atoms with Crippen molar-refractivity contribution in [1.29, 1.82) is 0 Å². The maximum Gasteiger partial charge on any atom is 0.331 e. The molecule has 0 atom stereocenters. The van der Waals surface area contributed by atoms with Crippen molar-refractivity contribution in [2.24, 2.45) is 0 Å². The summed E-state index contributed by atoms with van der Waals surface area (Å²) in [7, 11) is 0. The fourth-order valence-electron chi connectivity index (χ4n) is 1.03. The molecule has 0 amide bonds. The van der Waals surface area contributed by atoms with Crippen LogP contribution in [0.15, 0.2) is 25.1 Å². The predicted molar refractivity (Wildman–Crippen MR) is 75.2 cm³/mol. The third-order valence-corrected chi connectivity index (χ3v) is 4.11. The maximum atomic E-state index is 10.7. The van der Waals surface area contributed by atoms with Gasteiger partial charge in [0.2, 0.25) is 0 Å². The SMILES string of the molecule is C/C(=C\c1c(Br)cc(Br)c(N)c1Br)C(=O)O. The molecule has 0 saturated heterocycles. The second-order valence-electron chi connectivity index (χ2n) is 3.11. The van der Waals surface area contributed by atoms with Crippen LogP contribution in [-0.4, -0.2) is 11.1 Å². The molecule has 1 aromatic rings. The number of hydrogen-bond donors (Lipinski definition) is 2. The van der Waals surface area contributed by atoms with E-state index in [2.05, 4.69) is 47.8 Å². The monoisotopic (exact) mass is 411 g/mol. The van der Waals surface area contributed by atoms with Crippen molar-refractivity contribution in [1.82, 2.24) is 0 Å². The average Bonchev–Trinajstić information content (AvgIpc) is 2.20. The summed E-state index contributed by atoms with van der Waals surface area (Å²) in [5.74, 6) is -0.958. The van der Waals surface area contributed by atoms with Crippen molar-refractivity contribution in [3.63, 3.8) is 0 Å². The van der Waals surface area contributed by atoms with Gasteiger partial charge in [-0.05, 0) is 50.9 Å². The zero-order valence-corrected chi connectivity index (χ0v) is 13.0. The van der Waals surface area contributed by atoms with Crippen LogP contribution in [0.25, 0.3) is 6.08 Å². The van der Waals surface area contributed by atoms with Crippen molar-refractivity contribution in [2.75, 3.05) is 5.73 Å². The van der Waals surface area contributed by atoms with Gasteiger partial charge in [-0.15, -0.1) is 0 Å². The summed E-state index contributed by atoms with van der Waals surface area (Å²) in [4.78, 5) is 10.7. The molecule has 1 rings (SSSR count). The van der Waals surface area contributed by atoms with E-state index in [1.807, 2.05) is 0 Å². The molecule has 0 saturated carbocycles. The van der Waals surface area contributed by atoms with Gasteiger partial charge in [0.25, 0.3) is 0 Å². The Morgan fingerprint density at radius 2 is 1.94 bits per heavy atom. The van der Waals surface area contributed by atoms with E-state index in [0.29, 0.717) is 15.7 Å². The fraction of sp³-hybridized carbons (Fsp3) is 0.100. The Morgan fingerprint density at radius 3 is 2.44 bits per heavy atom. The minimum Gasteiger partial charge on any atom is -0.478 e. The molecule has 0 spiro atoms. The highest BCUT2D eigenvalue weighted by atomic mass is 79.9. The molecule has 0 aromatic heterocycles. The summed E-state index contributed by atoms with van der Waals surface area (Å²) >= 11 is 10.00. The number of anilines is 1. The Hall–Kier alpha value is -0.330. The first-order valence-corrected chi connectivity index (χ1v) is 6.57. The summed E-state index contributed by atoms with van der Waals surface area (Å²) < 4.78 is 2.17. The number of nitrogens with two attached hydrogens (primary N) is 1. The molecular weight excluding hydrogens is 406 g/mol. The van der Waals surface area contributed by atoms with Crippen molar-refractivity contribution in [2.45, 2.75) is 6.92 Å². The van der Waals surface area contributed by atoms with E-state index >= 15 is 0 Å². The second-order valence-corrected chi connectivity index (χ2v) is 5.62. The van der Waals surface area contributed by atoms with Crippen molar-refractivity contribution >= 4 is 65.5 Å². The van der Waals surface area contributed by atoms with Crippen LogP contribution in [0.5, 0.6) is 0 Å². The lowest BCUT2D eigenvalue weighted by Crippen LogP contribution is -1.97. The van der Waals surface area contributed by atoms with E-state index in [0.717, 1.165) is 8.95 Å². The molecule has 86 valence electrons. The molecule has 1 aromatic carbocycles. The van der Waals surface area contributed by atoms with Gasteiger partial charge in [0.1, 0.15) is 0 Å². The fourth-order valence-corrected chi connectivity index (χ4v) is 3.38. The molecule has 0 heterocycles. The lowest BCUT2D eigenvalue weighted by Gasteiger charge is -2.08. The van der Waals surface area contributed by atoms with E-state index in [4.69, 9.17) is 10.8 Å². The quantitative estimate of drug-likeness (QED) is 0.568. The second kappa shape index (κ2) is 5.33. The molecule has 3 nitrogen and oxygen atoms in total. The zero-order valence-electron chi connectivity index (χ0n) is 8.22. The Morgan fingerprint density at radius 1 is 1.38 bits per heavy atom. The van der Waals surface area contributed by atoms with E-state index in [1.54, 1.807) is 12.1 Å². The highest BCUT2D eigenvalue weighted by Crippen LogP contribution is 2.37. The summed E-state index contributed by atoms with van der Waals surface area (Å²) in [6.45, 7) is 1.53. The van der Waals surface area contributed by atoms with Gasteiger partial charge in [-0.3, -0.25) is 0 Å². The molecule has 0 unspecified atom stereocenters. The Labute approximate surface area is 118 Å². The summed E-state index contributed by atoms with van der Waals surface area (Å²) in [5, 5.41) is 8.81. The standard InChI is InChI=1S/C10H8Br3NO2/c1-4(10(15)16)2-5-6(11)3-7(12)9(14)8(5)13/h2-3H,14H2,1H3,(H,15,16)/b4-2+. The number of nitrogen functional groups attached to an aromatic ring is 1. The van der Waals surface area contributed by atoms with Gasteiger partial charge in [-0.25, -0.2) is 4.79 Å². The maximum absolute atomic E-state index is 10.7.